The second kappa shape index (κ2) is 10.4. The van der Waals surface area contributed by atoms with E-state index in [0.717, 1.165) is 17.7 Å². The van der Waals surface area contributed by atoms with Gasteiger partial charge in [-0.05, 0) is 30.7 Å². The molecule has 0 aliphatic rings. The molecule has 3 rings (SSSR count). The van der Waals surface area contributed by atoms with Gasteiger partial charge in [-0.25, -0.2) is 9.78 Å². The highest BCUT2D eigenvalue weighted by atomic mass is 32.1. The van der Waals surface area contributed by atoms with Crippen molar-refractivity contribution in [1.29, 1.82) is 0 Å². The molecule has 2 amide bonds. The number of carbonyl (C=O) groups excluding carboxylic acids is 2. The Kier molecular flexibility index (Phi) is 7.97. The van der Waals surface area contributed by atoms with Crippen LogP contribution in [0.15, 0.2) is 47.3 Å². The minimum Gasteiger partial charge on any atom is -0.331 e. The quantitative estimate of drug-likeness (QED) is 0.612. The van der Waals surface area contributed by atoms with Gasteiger partial charge in [-0.15, -0.1) is 11.3 Å². The van der Waals surface area contributed by atoms with E-state index in [1.165, 1.54) is 11.3 Å². The van der Waals surface area contributed by atoms with Gasteiger partial charge in [0.15, 0.2) is 6.29 Å². The van der Waals surface area contributed by atoms with Gasteiger partial charge in [-0.1, -0.05) is 25.1 Å². The molecular weight excluding hydrogens is 388 g/mol. The van der Waals surface area contributed by atoms with E-state index in [2.05, 4.69) is 16.9 Å². The number of urea groups is 1. The Morgan fingerprint density at radius 3 is 2.45 bits per heavy atom. The summed E-state index contributed by atoms with van der Waals surface area (Å²) in [5.74, 6) is 0. The van der Waals surface area contributed by atoms with Crippen LogP contribution >= 0.6 is 11.3 Å². The second-order valence-corrected chi connectivity index (χ2v) is 7.52. The zero-order valence-electron chi connectivity index (χ0n) is 17.0. The summed E-state index contributed by atoms with van der Waals surface area (Å²) in [6.45, 7) is 2.89. The highest BCUT2D eigenvalue weighted by molar-refractivity contribution is 7.21. The van der Waals surface area contributed by atoms with Crippen molar-refractivity contribution in [3.05, 3.63) is 58.5 Å². The summed E-state index contributed by atoms with van der Waals surface area (Å²) in [6, 6.07) is 12.4. The Hall–Kier alpha value is -3.13. The van der Waals surface area contributed by atoms with E-state index < -0.39 is 0 Å². The lowest BCUT2D eigenvalue weighted by Gasteiger charge is -2.20. The number of amides is 2. The third kappa shape index (κ3) is 5.92. The first kappa shape index (κ1) is 22.2. The summed E-state index contributed by atoms with van der Waals surface area (Å²) in [7, 11) is 5.33. The van der Waals surface area contributed by atoms with E-state index in [-0.39, 0.29) is 11.6 Å². The predicted molar refractivity (Wildman–Crippen MR) is 117 cm³/mol. The first-order valence-electron chi connectivity index (χ1n) is 9.12. The van der Waals surface area contributed by atoms with Crippen LogP contribution in [-0.2, 0) is 0 Å². The van der Waals surface area contributed by atoms with Crippen LogP contribution in [0.4, 0.5) is 4.79 Å². The molecule has 0 bridgehead atoms. The van der Waals surface area contributed by atoms with Crippen molar-refractivity contribution < 1.29 is 9.59 Å². The average molecular weight is 413 g/mol. The van der Waals surface area contributed by atoms with Gasteiger partial charge in [-0.3, -0.25) is 9.59 Å². The largest absolute Gasteiger partial charge is 0.331 e. The number of aldehydes is 1. The molecular formula is C21H24N4O3S. The van der Waals surface area contributed by atoms with Crippen LogP contribution in [-0.4, -0.2) is 59.8 Å². The van der Waals surface area contributed by atoms with E-state index in [4.69, 9.17) is 0 Å². The van der Waals surface area contributed by atoms with Crippen molar-refractivity contribution in [3.8, 4) is 10.7 Å². The summed E-state index contributed by atoms with van der Waals surface area (Å²) in [4.78, 5) is 45.2. The molecule has 29 heavy (non-hydrogen) atoms. The molecule has 2 heterocycles. The Labute approximate surface area is 173 Å². The van der Waals surface area contributed by atoms with Crippen molar-refractivity contribution in [2.24, 2.45) is 0 Å². The van der Waals surface area contributed by atoms with Crippen LogP contribution in [0.2, 0.25) is 0 Å². The zero-order valence-corrected chi connectivity index (χ0v) is 17.8. The van der Waals surface area contributed by atoms with Crippen LogP contribution in [0.25, 0.3) is 20.8 Å². The number of nitrogens with zero attached hydrogens (tertiary/aromatic N) is 4. The smallest absolute Gasteiger partial charge is 0.319 e. The molecule has 0 unspecified atom stereocenters. The lowest BCUT2D eigenvalue weighted by Crippen LogP contribution is -2.36. The number of hydrogen-bond acceptors (Lipinski definition) is 6. The fourth-order valence-electron chi connectivity index (χ4n) is 2.53. The lowest BCUT2D eigenvalue weighted by molar-refractivity contribution is 0.111. The number of benzene rings is 1. The third-order valence-corrected chi connectivity index (χ3v) is 4.98. The van der Waals surface area contributed by atoms with Crippen molar-refractivity contribution >= 4 is 33.7 Å². The van der Waals surface area contributed by atoms with Gasteiger partial charge in [-0.2, -0.15) is 4.98 Å². The normalized spacial score (nSPS) is 10.1. The molecule has 152 valence electrons. The molecule has 3 aromatic rings. The molecule has 0 saturated carbocycles. The van der Waals surface area contributed by atoms with Crippen LogP contribution < -0.4 is 5.56 Å². The maximum absolute atomic E-state index is 11.9. The highest BCUT2D eigenvalue weighted by Gasteiger charge is 2.08. The maximum atomic E-state index is 11.9. The molecule has 0 fully saturated rings. The lowest BCUT2D eigenvalue weighted by atomic mass is 10.3. The van der Waals surface area contributed by atoms with E-state index in [0.29, 0.717) is 28.1 Å². The second-order valence-electron chi connectivity index (χ2n) is 6.48. The number of pyridine rings is 1. The Morgan fingerprint density at radius 2 is 1.79 bits per heavy atom. The molecule has 0 spiro atoms. The Bertz CT molecular complexity index is 1050. The van der Waals surface area contributed by atoms with E-state index >= 15 is 0 Å². The van der Waals surface area contributed by atoms with Gasteiger partial charge in [0.2, 0.25) is 0 Å². The van der Waals surface area contributed by atoms with Crippen molar-refractivity contribution in [3.63, 3.8) is 0 Å². The van der Waals surface area contributed by atoms with Crippen LogP contribution in [0.3, 0.4) is 0 Å². The molecule has 0 N–H and O–H groups in total. The predicted octanol–water partition coefficient (Wildman–Crippen LogP) is 3.54. The van der Waals surface area contributed by atoms with Gasteiger partial charge in [0.1, 0.15) is 10.7 Å². The molecule has 0 atom stereocenters. The van der Waals surface area contributed by atoms with E-state index in [1.807, 2.05) is 25.2 Å². The number of hydrogen-bond donors (Lipinski definition) is 0. The third-order valence-electron chi connectivity index (χ3n) is 3.91. The summed E-state index contributed by atoms with van der Waals surface area (Å²) in [5.41, 5.74) is 0.590. The number of aromatic nitrogens is 2. The topological polar surface area (TPSA) is 83.5 Å². The summed E-state index contributed by atoms with van der Waals surface area (Å²) >= 11 is 1.38. The minimum atomic E-state index is -0.275. The summed E-state index contributed by atoms with van der Waals surface area (Å²) in [5, 5.41) is 1.12. The monoisotopic (exact) mass is 412 g/mol. The molecule has 0 radical (unpaired) electrons. The first-order valence-corrected chi connectivity index (χ1v) is 9.94. The van der Waals surface area contributed by atoms with E-state index in [9.17, 15) is 14.4 Å². The number of fused-ring (bicyclic) bond motifs is 1. The fraction of sp³-hybridized carbons (Fsp3) is 0.286. The Morgan fingerprint density at radius 1 is 1.07 bits per heavy atom. The summed E-state index contributed by atoms with van der Waals surface area (Å²) < 4.78 is 0.857. The Balaban J connectivity index is 0.000000257. The molecule has 7 nitrogen and oxygen atoms in total. The first-order chi connectivity index (χ1) is 13.9. The molecule has 0 aliphatic heterocycles. The minimum absolute atomic E-state index is 0.0712. The standard InChI is InChI=1S/C14H8N2O2S.C7H16N2O/c17-8-9-4-3-6-11(15-9)14-16-13(18)10-5-1-2-7-12(10)19-14;1-5-6-9(4)7(10)8(2)3/h1-8H;5-6H2,1-4H3. The molecule has 0 saturated heterocycles. The van der Waals surface area contributed by atoms with Gasteiger partial charge >= 0.3 is 6.03 Å². The van der Waals surface area contributed by atoms with Gasteiger partial charge < -0.3 is 9.80 Å². The molecule has 0 aliphatic carbocycles. The molecule has 1 aromatic carbocycles. The van der Waals surface area contributed by atoms with E-state index in [1.54, 1.807) is 48.2 Å². The van der Waals surface area contributed by atoms with Crippen LogP contribution in [0.1, 0.15) is 23.8 Å². The highest BCUT2D eigenvalue weighted by Crippen LogP contribution is 2.24. The average Bonchev–Trinajstić information content (AvgIpc) is 2.73. The van der Waals surface area contributed by atoms with Gasteiger partial charge in [0.05, 0.1) is 11.1 Å². The van der Waals surface area contributed by atoms with Gasteiger partial charge in [0.25, 0.3) is 5.56 Å². The maximum Gasteiger partial charge on any atom is 0.319 e. The number of carbonyl (C=O) groups is 2. The molecule has 8 heteroatoms. The zero-order chi connectivity index (χ0) is 21.4. The van der Waals surface area contributed by atoms with Crippen molar-refractivity contribution in [2.75, 3.05) is 27.7 Å². The number of rotatable bonds is 4. The van der Waals surface area contributed by atoms with Crippen molar-refractivity contribution in [2.45, 2.75) is 13.3 Å². The molecule has 2 aromatic heterocycles. The van der Waals surface area contributed by atoms with Crippen LogP contribution in [0.5, 0.6) is 0 Å². The SMILES string of the molecule is CCCN(C)C(=O)N(C)C.O=Cc1cccc(-c2nc(=O)c3ccccc3s2)n1. The fourth-order valence-corrected chi connectivity index (χ4v) is 3.50. The summed E-state index contributed by atoms with van der Waals surface area (Å²) in [6.07, 6.45) is 1.68. The van der Waals surface area contributed by atoms with Crippen LogP contribution in [0, 0.1) is 0 Å². The van der Waals surface area contributed by atoms with Gasteiger partial charge in [0, 0.05) is 32.4 Å². The van der Waals surface area contributed by atoms with Crippen molar-refractivity contribution in [1.82, 2.24) is 19.8 Å².